The topological polar surface area (TPSA) is 214 Å². The number of aromatic hydroxyl groups is 2. The van der Waals surface area contributed by atoms with Crippen molar-refractivity contribution in [3.63, 3.8) is 0 Å². The molecule has 0 bridgehead atoms. The van der Waals surface area contributed by atoms with Crippen molar-refractivity contribution in [3.05, 3.63) is 219 Å². The highest BCUT2D eigenvalue weighted by Crippen LogP contribution is 2.42. The lowest BCUT2D eigenvalue weighted by atomic mass is 9.95. The number of aliphatic hydroxyl groups is 2. The van der Waals surface area contributed by atoms with E-state index in [4.69, 9.17) is 92.8 Å². The third kappa shape index (κ3) is 23.0. The maximum atomic E-state index is 12.8. The molecule has 4 amide bonds. The highest BCUT2D eigenvalue weighted by molar-refractivity contribution is 9.11. The third-order valence-electron chi connectivity index (χ3n) is 12.6. The number of ketones is 1. The summed E-state index contributed by atoms with van der Waals surface area (Å²) >= 11 is 53.1. The van der Waals surface area contributed by atoms with Crippen LogP contribution in [0.5, 0.6) is 11.5 Å². The number of carbonyl (C=O) groups excluding carboxylic acids is 5. The Bertz CT molecular complexity index is 3800. The SMILES string of the molecule is CCCCCCCC(=O)c1ccc(O)c(C(=O)Nc2cccc(C(F)(F)F)c2)c1.O=C(Nc1cccc(C(F)(F)F)c1)c1cc(Br)cc(Br)c1O.O=C(Nc1cccc(Cl)c1)C1=CC(Cl)=CC(Cl)(Cl)C1O.O=C(Nc1cccc(Cl)c1)C1C=C(Cl)C=C(Cl)C1(O)Cl. The van der Waals surface area contributed by atoms with Crippen molar-refractivity contribution in [1.29, 1.82) is 0 Å². The predicted molar refractivity (Wildman–Crippen MR) is 353 cm³/mol. The van der Waals surface area contributed by atoms with Crippen molar-refractivity contribution in [2.45, 2.75) is 73.3 Å². The summed E-state index contributed by atoms with van der Waals surface area (Å²) in [6.45, 7) is 2.10. The fourth-order valence-corrected chi connectivity index (χ4v) is 11.3. The van der Waals surface area contributed by atoms with Gasteiger partial charge in [-0.15, -0.1) is 0 Å². The first-order valence-electron chi connectivity index (χ1n) is 26.5. The summed E-state index contributed by atoms with van der Waals surface area (Å²) in [6, 6.07) is 28.5. The van der Waals surface area contributed by atoms with E-state index in [1.54, 1.807) is 48.5 Å². The summed E-state index contributed by atoms with van der Waals surface area (Å²) in [6.07, 6.45) is 0.0942. The van der Waals surface area contributed by atoms with E-state index >= 15 is 0 Å². The molecular weight excluding hydrogens is 1500 g/mol. The molecule has 0 spiro atoms. The number of rotatable bonds is 15. The molecule has 0 radical (unpaired) electrons. The number of benzene rings is 6. The Kier molecular flexibility index (Phi) is 28.3. The molecule has 91 heavy (non-hydrogen) atoms. The number of amides is 4. The molecule has 0 saturated heterocycles. The van der Waals surface area contributed by atoms with E-state index in [9.17, 15) is 70.7 Å². The average molecular weight is 1550 g/mol. The first kappa shape index (κ1) is 75.9. The van der Waals surface area contributed by atoms with Gasteiger partial charge in [0.2, 0.25) is 5.91 Å². The minimum absolute atomic E-state index is 0.0182. The Morgan fingerprint density at radius 2 is 1.08 bits per heavy atom. The van der Waals surface area contributed by atoms with E-state index in [0.717, 1.165) is 56.4 Å². The van der Waals surface area contributed by atoms with E-state index in [0.29, 0.717) is 32.3 Å². The lowest BCUT2D eigenvalue weighted by Gasteiger charge is -2.30. The van der Waals surface area contributed by atoms with Crippen molar-refractivity contribution in [1.82, 2.24) is 0 Å². The van der Waals surface area contributed by atoms with Gasteiger partial charge in [0, 0.05) is 59.3 Å². The highest BCUT2D eigenvalue weighted by atomic mass is 79.9. The number of phenols is 2. The zero-order chi connectivity index (χ0) is 67.8. The molecule has 3 atom stereocenters. The Hall–Kier alpha value is -5.79. The largest absolute Gasteiger partial charge is 0.507 e. The maximum absolute atomic E-state index is 12.8. The molecular formula is C62H50Br2Cl8F6N4O9. The number of phenolic OH excluding ortho intramolecular Hbond substituents is 2. The van der Waals surface area contributed by atoms with Crippen LogP contribution in [0.4, 0.5) is 49.1 Å². The summed E-state index contributed by atoms with van der Waals surface area (Å²) < 4.78 is 75.5. The van der Waals surface area contributed by atoms with Crippen molar-refractivity contribution >= 4 is 177 Å². The normalized spacial score (nSPS) is 16.6. The number of hydrogen-bond acceptors (Lipinski definition) is 9. The van der Waals surface area contributed by atoms with E-state index in [1.807, 2.05) is 0 Å². The lowest BCUT2D eigenvalue weighted by Crippen LogP contribution is -2.41. The van der Waals surface area contributed by atoms with Gasteiger partial charge in [0.15, 0.2) is 15.2 Å². The van der Waals surface area contributed by atoms with E-state index in [1.165, 1.54) is 78.9 Å². The van der Waals surface area contributed by atoms with Crippen LogP contribution in [-0.4, -0.2) is 65.3 Å². The second-order valence-corrected chi connectivity index (χ2v) is 25.5. The van der Waals surface area contributed by atoms with Gasteiger partial charge in [-0.2, -0.15) is 26.3 Å². The first-order valence-corrected chi connectivity index (χ1v) is 31.1. The van der Waals surface area contributed by atoms with Crippen LogP contribution in [-0.2, 0) is 21.9 Å². The van der Waals surface area contributed by atoms with E-state index in [-0.39, 0.29) is 70.5 Å². The summed E-state index contributed by atoms with van der Waals surface area (Å²) in [5.41, 5.74) is -0.863. The Morgan fingerprint density at radius 1 is 0.582 bits per heavy atom. The number of Topliss-reactive ketones (excluding diaryl/α,β-unsaturated/α-hetero) is 1. The Balaban J connectivity index is 0.000000223. The molecule has 0 aromatic heterocycles. The van der Waals surface area contributed by atoms with E-state index in [2.05, 4.69) is 60.1 Å². The molecule has 484 valence electrons. The van der Waals surface area contributed by atoms with Crippen LogP contribution in [0.1, 0.15) is 87.6 Å². The van der Waals surface area contributed by atoms with Crippen LogP contribution >= 0.6 is 125 Å². The van der Waals surface area contributed by atoms with Gasteiger partial charge >= 0.3 is 12.4 Å². The molecule has 6 aromatic carbocycles. The van der Waals surface area contributed by atoms with Crippen LogP contribution in [0.15, 0.2) is 181 Å². The van der Waals surface area contributed by atoms with Gasteiger partial charge in [-0.3, -0.25) is 24.0 Å². The fraction of sp³-hybridized carbons (Fsp3) is 0.210. The molecule has 13 nitrogen and oxygen atoms in total. The second kappa shape index (κ2) is 33.9. The minimum atomic E-state index is -4.54. The number of anilines is 4. The van der Waals surface area contributed by atoms with Gasteiger partial charge in [0.25, 0.3) is 17.7 Å². The molecule has 6 aromatic rings. The molecule has 29 heteroatoms. The summed E-state index contributed by atoms with van der Waals surface area (Å²) in [4.78, 5) is 61.2. The third-order valence-corrected chi connectivity index (χ3v) is 16.1. The van der Waals surface area contributed by atoms with Gasteiger partial charge < -0.3 is 41.7 Å². The number of nitrogens with one attached hydrogen (secondary N) is 4. The van der Waals surface area contributed by atoms with Gasteiger partial charge in [-0.25, -0.2) is 0 Å². The van der Waals surface area contributed by atoms with Crippen LogP contribution in [0, 0.1) is 5.92 Å². The zero-order valence-electron chi connectivity index (χ0n) is 46.7. The standard InChI is InChI=1S/C22H24F3NO3.C14H8Br2F3NO2.2C13H9Cl4NO2/c1-2-3-4-5-6-10-19(27)15-11-12-20(28)18(13-15)21(29)26-17-9-7-8-16(14-17)22(23,24)25;15-8-5-10(12(21)11(16)6-8)13(22)20-9-3-1-2-7(4-9)14(17,18)19;14-7-2-1-3-9(4-7)18-12(20)10-5-8(15)6-13(16,17)11(10)19;14-7-2-1-3-9(4-7)18-12(19)10-5-8(15)6-11(16)13(10,17)20/h7-9,11-14,28H,2-6,10H2,1H3,(H,26,29);1-6,21H,(H,20,22);1-6,11,19H,(H,18,20);1-6,10,20H,(H,18,19). The zero-order valence-corrected chi connectivity index (χ0v) is 55.9. The molecule has 2 aliphatic rings. The number of aliphatic hydroxyl groups excluding tert-OH is 1. The van der Waals surface area contributed by atoms with Gasteiger partial charge in [0.05, 0.1) is 37.3 Å². The number of halogens is 16. The Morgan fingerprint density at radius 3 is 1.60 bits per heavy atom. The molecule has 8 rings (SSSR count). The lowest BCUT2D eigenvalue weighted by molar-refractivity contribution is -0.138. The van der Waals surface area contributed by atoms with Crippen LogP contribution < -0.4 is 21.3 Å². The minimum Gasteiger partial charge on any atom is -0.507 e. The maximum Gasteiger partial charge on any atom is 0.416 e. The van der Waals surface area contributed by atoms with Crippen LogP contribution in [0.25, 0.3) is 0 Å². The van der Waals surface area contributed by atoms with Crippen molar-refractivity contribution < 1.29 is 70.7 Å². The molecule has 0 heterocycles. The molecule has 0 aliphatic heterocycles. The summed E-state index contributed by atoms with van der Waals surface area (Å²) in [7, 11) is 0. The Labute approximate surface area is 574 Å². The van der Waals surface area contributed by atoms with Crippen LogP contribution in [0.2, 0.25) is 10.0 Å². The number of unbranched alkanes of at least 4 members (excludes halogenated alkanes) is 4. The number of allylic oxidation sites excluding steroid dienone is 4. The monoisotopic (exact) mass is 1550 g/mol. The number of alkyl halides is 9. The predicted octanol–water partition coefficient (Wildman–Crippen LogP) is 19.4. The quantitative estimate of drug-likeness (QED) is 0.0212. The molecule has 0 fully saturated rings. The first-order chi connectivity index (χ1) is 42.5. The van der Waals surface area contributed by atoms with Crippen molar-refractivity contribution in [2.24, 2.45) is 5.92 Å². The molecule has 2 aliphatic carbocycles. The fourth-order valence-electron chi connectivity index (χ4n) is 8.03. The molecule has 3 unspecified atom stereocenters. The molecule has 0 saturated carbocycles. The number of hydrogen-bond donors (Lipinski definition) is 8. The van der Waals surface area contributed by atoms with Crippen LogP contribution in [0.3, 0.4) is 0 Å². The second-order valence-electron chi connectivity index (χ2n) is 19.5. The van der Waals surface area contributed by atoms with Gasteiger partial charge in [-0.1, -0.05) is 166 Å². The highest BCUT2D eigenvalue weighted by Gasteiger charge is 2.44. The number of carbonyl (C=O) groups is 5. The average Bonchev–Trinajstić information content (AvgIpc) is 0.863. The summed E-state index contributed by atoms with van der Waals surface area (Å²) in [5, 5.41) is 49.0. The van der Waals surface area contributed by atoms with Gasteiger partial charge in [0.1, 0.15) is 23.5 Å². The smallest absolute Gasteiger partial charge is 0.416 e. The van der Waals surface area contributed by atoms with Crippen molar-refractivity contribution in [3.8, 4) is 11.5 Å². The molecule has 8 N–H and O–H groups in total. The van der Waals surface area contributed by atoms with Crippen molar-refractivity contribution in [2.75, 3.05) is 21.3 Å². The summed E-state index contributed by atoms with van der Waals surface area (Å²) in [5.74, 6) is -4.53. The van der Waals surface area contributed by atoms with Gasteiger partial charge in [-0.05, 0) is 150 Å². The van der Waals surface area contributed by atoms with E-state index < -0.39 is 68.5 Å².